The van der Waals surface area contributed by atoms with Gasteiger partial charge in [0.05, 0.1) is 6.10 Å². The van der Waals surface area contributed by atoms with Crippen LogP contribution in [0.3, 0.4) is 0 Å². The number of carbonyl (C=O) groups excluding carboxylic acids is 1. The predicted molar refractivity (Wildman–Crippen MR) is 81.9 cm³/mol. The Morgan fingerprint density at radius 3 is 2.38 bits per heavy atom. The molecule has 2 saturated carbocycles. The van der Waals surface area contributed by atoms with Gasteiger partial charge in [-0.1, -0.05) is 0 Å². The number of ether oxygens (including phenoxy) is 1. The summed E-state index contributed by atoms with van der Waals surface area (Å²) in [5.41, 5.74) is 5.34. The zero-order chi connectivity index (χ0) is 14.9. The van der Waals surface area contributed by atoms with E-state index in [1.54, 1.807) is 0 Å². The van der Waals surface area contributed by atoms with E-state index < -0.39 is 5.54 Å². The summed E-state index contributed by atoms with van der Waals surface area (Å²) in [4.78, 5) is 14.6. The van der Waals surface area contributed by atoms with Crippen molar-refractivity contribution in [2.24, 2.45) is 11.7 Å². The summed E-state index contributed by atoms with van der Waals surface area (Å²) in [7, 11) is 0. The summed E-state index contributed by atoms with van der Waals surface area (Å²) in [6.45, 7) is 5.65. The van der Waals surface area contributed by atoms with Gasteiger partial charge in [-0.3, -0.25) is 10.1 Å². The highest BCUT2D eigenvalue weighted by atomic mass is 16.5. The fraction of sp³-hybridized carbons (Fsp3) is 0.938. The van der Waals surface area contributed by atoms with Gasteiger partial charge in [-0.2, -0.15) is 0 Å². The van der Waals surface area contributed by atoms with Crippen LogP contribution in [0.15, 0.2) is 0 Å². The number of piperidine rings is 1. The Morgan fingerprint density at radius 2 is 1.90 bits per heavy atom. The van der Waals surface area contributed by atoms with E-state index in [-0.39, 0.29) is 5.91 Å². The van der Waals surface area contributed by atoms with Gasteiger partial charge in [0.15, 0.2) is 0 Å². The molecule has 3 rings (SSSR count). The van der Waals surface area contributed by atoms with Crippen molar-refractivity contribution in [3.63, 3.8) is 0 Å². The average Bonchev–Trinajstić information content (AvgIpc) is 3.34. The molecular weight excluding hydrogens is 266 g/mol. The average molecular weight is 295 g/mol. The highest BCUT2D eigenvalue weighted by molar-refractivity contribution is 5.86. The maximum absolute atomic E-state index is 12.2. The Morgan fingerprint density at radius 1 is 1.24 bits per heavy atom. The molecular formula is C16H29N3O2. The van der Waals surface area contributed by atoms with Gasteiger partial charge in [-0.15, -0.1) is 0 Å². The fourth-order valence-electron chi connectivity index (χ4n) is 3.63. The minimum atomic E-state index is -0.486. The molecule has 5 heteroatoms. The molecule has 1 saturated heterocycles. The molecule has 0 aromatic heterocycles. The Bertz CT molecular complexity index is 374. The van der Waals surface area contributed by atoms with Crippen molar-refractivity contribution in [2.75, 3.05) is 26.2 Å². The lowest BCUT2D eigenvalue weighted by Gasteiger charge is -2.40. The molecule has 120 valence electrons. The van der Waals surface area contributed by atoms with Gasteiger partial charge in [-0.25, -0.2) is 0 Å². The lowest BCUT2D eigenvalue weighted by molar-refractivity contribution is -0.126. The van der Waals surface area contributed by atoms with E-state index in [1.807, 2.05) is 0 Å². The van der Waals surface area contributed by atoms with Crippen molar-refractivity contribution in [1.29, 1.82) is 0 Å². The van der Waals surface area contributed by atoms with Gasteiger partial charge < -0.3 is 15.4 Å². The minimum Gasteiger partial charge on any atom is -0.378 e. The monoisotopic (exact) mass is 295 g/mol. The van der Waals surface area contributed by atoms with Crippen molar-refractivity contribution in [3.8, 4) is 0 Å². The van der Waals surface area contributed by atoms with Crippen LogP contribution < -0.4 is 11.1 Å². The number of nitrogens with two attached hydrogens (primary N) is 1. The number of carbonyl (C=O) groups is 1. The predicted octanol–water partition coefficient (Wildman–Crippen LogP) is 0.873. The molecule has 0 aromatic rings. The van der Waals surface area contributed by atoms with E-state index in [0.29, 0.717) is 18.1 Å². The summed E-state index contributed by atoms with van der Waals surface area (Å²) in [6.07, 6.45) is 7.18. The van der Waals surface area contributed by atoms with Crippen LogP contribution in [-0.2, 0) is 9.53 Å². The van der Waals surface area contributed by atoms with Crippen LogP contribution in [0.5, 0.6) is 0 Å². The quantitative estimate of drug-likeness (QED) is 0.697. The first-order valence-electron chi connectivity index (χ1n) is 8.55. The number of likely N-dealkylation sites (tertiary alicyclic amines) is 1. The zero-order valence-corrected chi connectivity index (χ0v) is 13.1. The molecule has 3 N–H and O–H groups in total. The molecule has 5 nitrogen and oxygen atoms in total. The first-order valence-corrected chi connectivity index (χ1v) is 8.55. The van der Waals surface area contributed by atoms with Crippen molar-refractivity contribution < 1.29 is 9.53 Å². The van der Waals surface area contributed by atoms with E-state index in [2.05, 4.69) is 17.1 Å². The number of amides is 1. The topological polar surface area (TPSA) is 67.6 Å². The van der Waals surface area contributed by atoms with Crippen LogP contribution >= 0.6 is 0 Å². The molecule has 0 bridgehead atoms. The maximum Gasteiger partial charge on any atom is 0.239 e. The first-order chi connectivity index (χ1) is 10.1. The minimum absolute atomic E-state index is 0.149. The van der Waals surface area contributed by atoms with Crippen LogP contribution in [0.1, 0.15) is 45.4 Å². The number of hydrogen-bond acceptors (Lipinski definition) is 4. The standard InChI is InChI=1S/C16H29N3O2/c1-2-21-14-7-9-19(10-8-14)11-16(15(17)20,12-3-4-12)18-13-5-6-13/h12-14,18H,2-11H2,1H3,(H2,17,20). The molecule has 0 aromatic carbocycles. The van der Waals surface area contributed by atoms with Crippen molar-refractivity contribution >= 4 is 5.91 Å². The number of nitrogens with one attached hydrogen (secondary N) is 1. The third-order valence-electron chi connectivity index (χ3n) is 5.16. The Balaban J connectivity index is 1.60. The Kier molecular flexibility index (Phi) is 4.52. The summed E-state index contributed by atoms with van der Waals surface area (Å²) in [5.74, 6) is 0.295. The molecule has 1 heterocycles. The van der Waals surface area contributed by atoms with Crippen molar-refractivity contribution in [2.45, 2.75) is 63.1 Å². The molecule has 1 atom stereocenters. The maximum atomic E-state index is 12.2. The van der Waals surface area contributed by atoms with Crippen LogP contribution in [-0.4, -0.2) is 54.7 Å². The largest absolute Gasteiger partial charge is 0.378 e. The van der Waals surface area contributed by atoms with Gasteiger partial charge in [-0.05, 0) is 51.4 Å². The van der Waals surface area contributed by atoms with E-state index in [9.17, 15) is 4.79 Å². The smallest absolute Gasteiger partial charge is 0.239 e. The van der Waals surface area contributed by atoms with Gasteiger partial charge in [0, 0.05) is 32.3 Å². The number of rotatable bonds is 8. The molecule has 0 spiro atoms. The summed E-state index contributed by atoms with van der Waals surface area (Å²) in [6, 6.07) is 0.513. The van der Waals surface area contributed by atoms with Gasteiger partial charge in [0.1, 0.15) is 5.54 Å². The van der Waals surface area contributed by atoms with E-state index in [0.717, 1.165) is 51.9 Å². The molecule has 1 aliphatic heterocycles. The number of nitrogens with zero attached hydrogens (tertiary/aromatic N) is 1. The van der Waals surface area contributed by atoms with Crippen LogP contribution in [0.4, 0.5) is 0 Å². The van der Waals surface area contributed by atoms with Crippen molar-refractivity contribution in [1.82, 2.24) is 10.2 Å². The highest BCUT2D eigenvalue weighted by Crippen LogP contribution is 2.42. The van der Waals surface area contributed by atoms with Gasteiger partial charge in [0.25, 0.3) is 0 Å². The molecule has 0 radical (unpaired) electrons. The summed E-state index contributed by atoms with van der Waals surface area (Å²) >= 11 is 0. The molecule has 1 unspecified atom stereocenters. The normalized spacial score (nSPS) is 27.5. The SMILES string of the molecule is CCOC1CCN(CC(NC2CC2)(C(N)=O)C2CC2)CC1. The second-order valence-corrected chi connectivity index (χ2v) is 6.96. The number of primary amides is 1. The van der Waals surface area contributed by atoms with E-state index >= 15 is 0 Å². The van der Waals surface area contributed by atoms with E-state index in [4.69, 9.17) is 10.5 Å². The lowest BCUT2D eigenvalue weighted by Crippen LogP contribution is -2.64. The highest BCUT2D eigenvalue weighted by Gasteiger charge is 2.52. The number of hydrogen-bond donors (Lipinski definition) is 2. The van der Waals surface area contributed by atoms with Crippen LogP contribution in [0.2, 0.25) is 0 Å². The fourth-order valence-corrected chi connectivity index (χ4v) is 3.63. The third kappa shape index (κ3) is 3.58. The summed E-state index contributed by atoms with van der Waals surface area (Å²) < 4.78 is 5.71. The molecule has 2 aliphatic carbocycles. The van der Waals surface area contributed by atoms with Crippen molar-refractivity contribution in [3.05, 3.63) is 0 Å². The van der Waals surface area contributed by atoms with E-state index in [1.165, 1.54) is 12.8 Å². The molecule has 21 heavy (non-hydrogen) atoms. The van der Waals surface area contributed by atoms with Gasteiger partial charge >= 0.3 is 0 Å². The second-order valence-electron chi connectivity index (χ2n) is 6.96. The molecule has 3 fully saturated rings. The van der Waals surface area contributed by atoms with Crippen LogP contribution in [0.25, 0.3) is 0 Å². The molecule has 1 amide bonds. The zero-order valence-electron chi connectivity index (χ0n) is 13.1. The lowest BCUT2D eigenvalue weighted by atomic mass is 9.90. The Labute approximate surface area is 127 Å². The molecule has 3 aliphatic rings. The van der Waals surface area contributed by atoms with Crippen LogP contribution in [0, 0.1) is 5.92 Å². The Hall–Kier alpha value is -0.650. The first kappa shape index (κ1) is 15.3. The van der Waals surface area contributed by atoms with Gasteiger partial charge in [0.2, 0.25) is 5.91 Å². The third-order valence-corrected chi connectivity index (χ3v) is 5.16. The second kappa shape index (κ2) is 6.23. The summed E-state index contributed by atoms with van der Waals surface area (Å²) in [5, 5.41) is 3.60.